The monoisotopic (exact) mass is 358 g/mol. The fourth-order valence-corrected chi connectivity index (χ4v) is 3.32. The fraction of sp³-hybridized carbons (Fsp3) is 0.143. The third kappa shape index (κ3) is 2.89. The molecule has 1 atom stereocenters. The van der Waals surface area contributed by atoms with Crippen molar-refractivity contribution in [3.05, 3.63) is 76.6 Å². The number of benzene rings is 1. The van der Waals surface area contributed by atoms with E-state index in [1.165, 1.54) is 0 Å². The summed E-state index contributed by atoms with van der Waals surface area (Å²) in [4.78, 5) is 0. The molecule has 2 aromatic heterocycles. The van der Waals surface area contributed by atoms with Crippen LogP contribution in [0, 0.1) is 18.3 Å². The molecule has 134 valence electrons. The second-order valence-electron chi connectivity index (χ2n) is 6.51. The molecular weight excluding hydrogens is 340 g/mol. The Balaban J connectivity index is 1.89. The Labute approximate surface area is 156 Å². The molecular formula is C21H18N4O2. The van der Waals surface area contributed by atoms with Crippen molar-refractivity contribution in [1.29, 1.82) is 5.26 Å². The Morgan fingerprint density at radius 2 is 2.07 bits per heavy atom. The Bertz CT molecular complexity index is 1080. The SMILES string of the molecule is C/C(=C\c1ccco1)[C@H]1C(C#N)=C(N)Oc2n[nH]c(-c3ccc(C)cc3)c21. The lowest BCUT2D eigenvalue weighted by atomic mass is 9.83. The number of hydrogen-bond donors (Lipinski definition) is 2. The second kappa shape index (κ2) is 6.54. The average molecular weight is 358 g/mol. The Morgan fingerprint density at radius 1 is 1.30 bits per heavy atom. The summed E-state index contributed by atoms with van der Waals surface area (Å²) in [5.41, 5.74) is 11.0. The van der Waals surface area contributed by atoms with Crippen LogP contribution in [0.1, 0.15) is 29.7 Å². The topological polar surface area (TPSA) is 101 Å². The van der Waals surface area contributed by atoms with E-state index in [0.717, 1.165) is 28.0 Å². The number of H-pyrrole nitrogens is 1. The number of nitrogens with two attached hydrogens (primary N) is 1. The lowest BCUT2D eigenvalue weighted by molar-refractivity contribution is 0.378. The molecule has 0 aliphatic carbocycles. The van der Waals surface area contributed by atoms with E-state index >= 15 is 0 Å². The molecule has 0 amide bonds. The van der Waals surface area contributed by atoms with Crippen LogP contribution < -0.4 is 10.5 Å². The number of nitriles is 1. The van der Waals surface area contributed by atoms with E-state index in [4.69, 9.17) is 14.9 Å². The van der Waals surface area contributed by atoms with E-state index in [-0.39, 0.29) is 11.8 Å². The van der Waals surface area contributed by atoms with Crippen molar-refractivity contribution in [1.82, 2.24) is 10.2 Å². The molecule has 0 radical (unpaired) electrons. The van der Waals surface area contributed by atoms with Gasteiger partial charge >= 0.3 is 0 Å². The van der Waals surface area contributed by atoms with Crippen LogP contribution in [0.2, 0.25) is 0 Å². The van der Waals surface area contributed by atoms with Crippen LogP contribution in [0.4, 0.5) is 0 Å². The lowest BCUT2D eigenvalue weighted by Gasteiger charge is -2.24. The first-order valence-corrected chi connectivity index (χ1v) is 8.53. The Morgan fingerprint density at radius 3 is 2.74 bits per heavy atom. The molecule has 4 rings (SSSR count). The third-order valence-corrected chi connectivity index (χ3v) is 4.65. The van der Waals surface area contributed by atoms with Gasteiger partial charge in [-0.1, -0.05) is 35.4 Å². The number of nitrogens with one attached hydrogen (secondary N) is 1. The minimum atomic E-state index is -0.376. The van der Waals surface area contributed by atoms with Crippen molar-refractivity contribution in [2.45, 2.75) is 19.8 Å². The number of rotatable bonds is 3. The Hall–Kier alpha value is -3.72. The summed E-state index contributed by atoms with van der Waals surface area (Å²) in [5, 5.41) is 17.0. The van der Waals surface area contributed by atoms with Gasteiger partial charge in [-0.2, -0.15) is 5.26 Å². The molecule has 3 aromatic rings. The van der Waals surface area contributed by atoms with E-state index in [0.29, 0.717) is 17.2 Å². The third-order valence-electron chi connectivity index (χ3n) is 4.65. The predicted octanol–water partition coefficient (Wildman–Crippen LogP) is 4.25. The van der Waals surface area contributed by atoms with Crippen molar-refractivity contribution in [3.63, 3.8) is 0 Å². The minimum absolute atomic E-state index is 0.0733. The number of aromatic nitrogens is 2. The van der Waals surface area contributed by atoms with Gasteiger partial charge in [-0.3, -0.25) is 5.10 Å². The van der Waals surface area contributed by atoms with E-state index in [1.807, 2.05) is 56.3 Å². The molecule has 6 heteroatoms. The molecule has 1 aliphatic rings. The first kappa shape index (κ1) is 16.7. The largest absolute Gasteiger partial charge is 0.465 e. The molecule has 0 bridgehead atoms. The number of nitrogens with zero attached hydrogens (tertiary/aromatic N) is 2. The van der Waals surface area contributed by atoms with Gasteiger partial charge < -0.3 is 14.9 Å². The van der Waals surface area contributed by atoms with Gasteiger partial charge in [0.2, 0.25) is 11.8 Å². The standard InChI is InChI=1S/C21H18N4O2/c1-12-5-7-14(8-6-12)19-18-17(13(2)10-15-4-3-9-26-15)16(11-22)20(23)27-21(18)25-24-19/h3-10,17H,23H2,1-2H3,(H,24,25)/b13-10+/t17-/m0/s1. The first-order valence-electron chi connectivity index (χ1n) is 8.53. The summed E-state index contributed by atoms with van der Waals surface area (Å²) < 4.78 is 11.0. The minimum Gasteiger partial charge on any atom is -0.465 e. The Kier molecular flexibility index (Phi) is 4.05. The maximum Gasteiger partial charge on any atom is 0.244 e. The molecule has 1 aliphatic heterocycles. The highest BCUT2D eigenvalue weighted by atomic mass is 16.5. The van der Waals surface area contributed by atoms with E-state index in [9.17, 15) is 5.26 Å². The number of aryl methyl sites for hydroxylation is 1. The maximum atomic E-state index is 9.72. The van der Waals surface area contributed by atoms with Crippen LogP contribution in [0.5, 0.6) is 5.88 Å². The molecule has 6 nitrogen and oxygen atoms in total. The van der Waals surface area contributed by atoms with Crippen molar-refractivity contribution >= 4 is 6.08 Å². The number of aromatic amines is 1. The van der Waals surface area contributed by atoms with Gasteiger partial charge in [0.15, 0.2) is 0 Å². The zero-order valence-corrected chi connectivity index (χ0v) is 15.0. The van der Waals surface area contributed by atoms with Gasteiger partial charge in [-0.25, -0.2) is 0 Å². The zero-order chi connectivity index (χ0) is 19.0. The average Bonchev–Trinajstić information content (AvgIpc) is 3.31. The van der Waals surface area contributed by atoms with Crippen molar-refractivity contribution in [2.24, 2.45) is 5.73 Å². The van der Waals surface area contributed by atoms with E-state index in [2.05, 4.69) is 16.3 Å². The van der Waals surface area contributed by atoms with Gasteiger partial charge in [0.05, 0.1) is 23.4 Å². The predicted molar refractivity (Wildman–Crippen MR) is 101 cm³/mol. The van der Waals surface area contributed by atoms with Gasteiger partial charge in [0, 0.05) is 5.56 Å². The van der Waals surface area contributed by atoms with Crippen LogP contribution in [-0.4, -0.2) is 10.2 Å². The number of fused-ring (bicyclic) bond motifs is 1. The quantitative estimate of drug-likeness (QED) is 0.729. The van der Waals surface area contributed by atoms with Crippen molar-refractivity contribution in [2.75, 3.05) is 0 Å². The van der Waals surface area contributed by atoms with Gasteiger partial charge in [-0.05, 0) is 32.1 Å². The summed E-state index contributed by atoms with van der Waals surface area (Å²) in [6, 6.07) is 14.0. The molecule has 0 unspecified atom stereocenters. The number of furan rings is 1. The molecule has 27 heavy (non-hydrogen) atoms. The van der Waals surface area contributed by atoms with Crippen molar-refractivity contribution in [3.8, 4) is 23.2 Å². The van der Waals surface area contributed by atoms with Gasteiger partial charge in [-0.15, -0.1) is 5.10 Å². The molecule has 0 saturated carbocycles. The molecule has 0 spiro atoms. The highest BCUT2D eigenvalue weighted by Gasteiger charge is 2.35. The molecule has 0 saturated heterocycles. The molecule has 3 heterocycles. The molecule has 0 fully saturated rings. The highest BCUT2D eigenvalue weighted by molar-refractivity contribution is 5.72. The smallest absolute Gasteiger partial charge is 0.244 e. The van der Waals surface area contributed by atoms with Crippen LogP contribution >= 0.6 is 0 Å². The summed E-state index contributed by atoms with van der Waals surface area (Å²) in [6.45, 7) is 3.98. The summed E-state index contributed by atoms with van der Waals surface area (Å²) in [7, 11) is 0. The van der Waals surface area contributed by atoms with E-state index in [1.54, 1.807) is 6.26 Å². The summed E-state index contributed by atoms with van der Waals surface area (Å²) >= 11 is 0. The van der Waals surface area contributed by atoms with Crippen molar-refractivity contribution < 1.29 is 9.15 Å². The first-order chi connectivity index (χ1) is 13.1. The van der Waals surface area contributed by atoms with Gasteiger partial charge in [0.1, 0.15) is 17.4 Å². The van der Waals surface area contributed by atoms with Crippen LogP contribution in [0.25, 0.3) is 17.3 Å². The normalized spacial score (nSPS) is 16.6. The van der Waals surface area contributed by atoms with Crippen LogP contribution in [0.15, 0.2) is 64.1 Å². The fourth-order valence-electron chi connectivity index (χ4n) is 3.32. The maximum absolute atomic E-state index is 9.72. The molecule has 1 aromatic carbocycles. The lowest BCUT2D eigenvalue weighted by Crippen LogP contribution is -2.20. The number of allylic oxidation sites excluding steroid dienone is 2. The number of ether oxygens (including phenoxy) is 1. The van der Waals surface area contributed by atoms with Gasteiger partial charge in [0.25, 0.3) is 0 Å². The van der Waals surface area contributed by atoms with E-state index < -0.39 is 0 Å². The highest BCUT2D eigenvalue weighted by Crippen LogP contribution is 2.46. The summed E-state index contributed by atoms with van der Waals surface area (Å²) in [5.74, 6) is 0.791. The zero-order valence-electron chi connectivity index (χ0n) is 15.0. The summed E-state index contributed by atoms with van der Waals surface area (Å²) in [6.07, 6.45) is 3.51. The molecule has 3 N–H and O–H groups in total. The number of hydrogen-bond acceptors (Lipinski definition) is 5. The second-order valence-corrected chi connectivity index (χ2v) is 6.51. The van der Waals surface area contributed by atoms with Crippen LogP contribution in [0.3, 0.4) is 0 Å². The van der Waals surface area contributed by atoms with Crippen LogP contribution in [-0.2, 0) is 0 Å².